The minimum Gasteiger partial charge on any atom is -0.497 e. The third-order valence-electron chi connectivity index (χ3n) is 4.33. The quantitative estimate of drug-likeness (QED) is 0.299. The first kappa shape index (κ1) is 20.7. The minimum atomic E-state index is -0.106. The van der Waals surface area contributed by atoms with E-state index in [2.05, 4.69) is 29.3 Å². The number of methoxy groups -OCH3 is 1. The Bertz CT molecular complexity index is 705. The van der Waals surface area contributed by atoms with Gasteiger partial charge in [0.05, 0.1) is 19.4 Å². The Labute approximate surface area is 162 Å². The lowest BCUT2D eigenvalue weighted by molar-refractivity contribution is -0.143. The summed E-state index contributed by atoms with van der Waals surface area (Å²) in [6, 6.07) is 16.2. The second-order valence-electron chi connectivity index (χ2n) is 6.44. The summed E-state index contributed by atoms with van der Waals surface area (Å²) in [6.07, 6.45) is 7.77. The number of carbonyl (C=O) groups excluding carboxylic acids is 1. The number of nitrogens with zero attached hydrogens (tertiary/aromatic N) is 1. The van der Waals surface area contributed by atoms with Gasteiger partial charge in [-0.1, -0.05) is 44.0 Å². The van der Waals surface area contributed by atoms with Crippen molar-refractivity contribution in [3.63, 3.8) is 0 Å². The predicted molar refractivity (Wildman–Crippen MR) is 110 cm³/mol. The second kappa shape index (κ2) is 11.9. The van der Waals surface area contributed by atoms with Crippen molar-refractivity contribution in [3.05, 3.63) is 59.7 Å². The maximum Gasteiger partial charge on any atom is 0.305 e. The Hall–Kier alpha value is -2.62. The maximum absolute atomic E-state index is 11.0. The molecule has 0 atom stereocenters. The minimum absolute atomic E-state index is 0.106. The fourth-order valence-corrected chi connectivity index (χ4v) is 2.66. The highest BCUT2D eigenvalue weighted by Gasteiger charge is 1.98. The molecule has 0 amide bonds. The number of aliphatic imine (C=N–C) groups is 1. The fraction of sp³-hybridized carbons (Fsp3) is 0.391. The molecule has 27 heavy (non-hydrogen) atoms. The van der Waals surface area contributed by atoms with Crippen LogP contribution in [0, 0.1) is 0 Å². The largest absolute Gasteiger partial charge is 0.497 e. The van der Waals surface area contributed by atoms with Crippen LogP contribution in [0.3, 0.4) is 0 Å². The van der Waals surface area contributed by atoms with E-state index < -0.39 is 0 Å². The van der Waals surface area contributed by atoms with Gasteiger partial charge in [0.15, 0.2) is 0 Å². The zero-order valence-electron chi connectivity index (χ0n) is 16.3. The van der Waals surface area contributed by atoms with Gasteiger partial charge >= 0.3 is 5.97 Å². The maximum atomic E-state index is 11.0. The molecular weight excluding hydrogens is 338 g/mol. The standard InChI is InChI=1S/C23H29NO3/c1-3-23(25)27-17-7-5-4-6-8-19-9-11-20(12-10-19)18-24-21-13-15-22(26-2)16-14-21/h9-16,18H,3-8,17H2,1-2H3. The highest BCUT2D eigenvalue weighted by Crippen LogP contribution is 2.17. The van der Waals surface area contributed by atoms with Gasteiger partial charge in [-0.3, -0.25) is 9.79 Å². The molecule has 0 aromatic heterocycles. The Balaban J connectivity index is 1.67. The number of unbranched alkanes of at least 4 members (excludes halogenated alkanes) is 3. The molecule has 0 heterocycles. The van der Waals surface area contributed by atoms with Crippen LogP contribution >= 0.6 is 0 Å². The first-order valence-electron chi connectivity index (χ1n) is 9.64. The lowest BCUT2D eigenvalue weighted by atomic mass is 10.0. The van der Waals surface area contributed by atoms with E-state index in [-0.39, 0.29) is 5.97 Å². The average Bonchev–Trinajstić information content (AvgIpc) is 2.72. The molecule has 4 heteroatoms. The van der Waals surface area contributed by atoms with Crippen LogP contribution in [0.1, 0.15) is 50.2 Å². The summed E-state index contributed by atoms with van der Waals surface area (Å²) < 4.78 is 10.2. The lowest BCUT2D eigenvalue weighted by Gasteiger charge is -2.04. The van der Waals surface area contributed by atoms with Crippen molar-refractivity contribution in [1.29, 1.82) is 0 Å². The highest BCUT2D eigenvalue weighted by molar-refractivity contribution is 5.81. The third-order valence-corrected chi connectivity index (χ3v) is 4.33. The van der Waals surface area contributed by atoms with Crippen LogP contribution in [-0.2, 0) is 16.0 Å². The van der Waals surface area contributed by atoms with Gasteiger partial charge in [0.25, 0.3) is 0 Å². The van der Waals surface area contributed by atoms with Gasteiger partial charge in [0.2, 0.25) is 0 Å². The molecule has 0 spiro atoms. The molecule has 2 aromatic rings. The van der Waals surface area contributed by atoms with Crippen molar-refractivity contribution in [2.75, 3.05) is 13.7 Å². The molecule has 2 rings (SSSR count). The number of hydrogen-bond acceptors (Lipinski definition) is 4. The summed E-state index contributed by atoms with van der Waals surface area (Å²) in [4.78, 5) is 15.5. The van der Waals surface area contributed by atoms with Crippen molar-refractivity contribution in [2.45, 2.75) is 45.4 Å². The van der Waals surface area contributed by atoms with E-state index in [0.29, 0.717) is 13.0 Å². The summed E-state index contributed by atoms with van der Waals surface area (Å²) in [5, 5.41) is 0. The first-order valence-corrected chi connectivity index (χ1v) is 9.64. The van der Waals surface area contributed by atoms with E-state index in [4.69, 9.17) is 9.47 Å². The molecule has 0 saturated carbocycles. The SMILES string of the molecule is CCC(=O)OCCCCCCc1ccc(C=Nc2ccc(OC)cc2)cc1. The number of aryl methyl sites for hydroxylation is 1. The monoisotopic (exact) mass is 367 g/mol. The summed E-state index contributed by atoms with van der Waals surface area (Å²) in [7, 11) is 1.66. The van der Waals surface area contributed by atoms with Crippen LogP contribution in [-0.4, -0.2) is 25.9 Å². The number of benzene rings is 2. The van der Waals surface area contributed by atoms with Crippen molar-refractivity contribution in [2.24, 2.45) is 4.99 Å². The fourth-order valence-electron chi connectivity index (χ4n) is 2.66. The Morgan fingerprint density at radius 2 is 1.67 bits per heavy atom. The van der Waals surface area contributed by atoms with Gasteiger partial charge in [-0.25, -0.2) is 0 Å². The number of rotatable bonds is 11. The number of ether oxygens (including phenoxy) is 2. The van der Waals surface area contributed by atoms with Gasteiger partial charge in [-0.2, -0.15) is 0 Å². The number of hydrogen-bond donors (Lipinski definition) is 0. The summed E-state index contributed by atoms with van der Waals surface area (Å²) >= 11 is 0. The molecule has 4 nitrogen and oxygen atoms in total. The molecule has 144 valence electrons. The van der Waals surface area contributed by atoms with Gasteiger partial charge in [-0.05, 0) is 54.7 Å². The second-order valence-corrected chi connectivity index (χ2v) is 6.44. The molecule has 0 aliphatic rings. The van der Waals surface area contributed by atoms with Gasteiger partial charge in [0, 0.05) is 12.6 Å². The van der Waals surface area contributed by atoms with Crippen LogP contribution in [0.2, 0.25) is 0 Å². The van der Waals surface area contributed by atoms with Crippen LogP contribution in [0.15, 0.2) is 53.5 Å². The van der Waals surface area contributed by atoms with E-state index in [0.717, 1.165) is 49.1 Å². The summed E-state index contributed by atoms with van der Waals surface area (Å²) in [6.45, 7) is 2.37. The molecular formula is C23H29NO3. The Kier molecular flexibility index (Phi) is 9.11. The lowest BCUT2D eigenvalue weighted by Crippen LogP contribution is -2.03. The van der Waals surface area contributed by atoms with E-state index >= 15 is 0 Å². The molecule has 0 bridgehead atoms. The number of carbonyl (C=O) groups is 1. The molecule has 2 aromatic carbocycles. The van der Waals surface area contributed by atoms with Crippen LogP contribution in [0.4, 0.5) is 5.69 Å². The molecule has 0 saturated heterocycles. The smallest absolute Gasteiger partial charge is 0.305 e. The third kappa shape index (κ3) is 8.07. The van der Waals surface area contributed by atoms with E-state index in [9.17, 15) is 4.79 Å². The van der Waals surface area contributed by atoms with Crippen molar-refractivity contribution in [3.8, 4) is 5.75 Å². The van der Waals surface area contributed by atoms with Crippen molar-refractivity contribution in [1.82, 2.24) is 0 Å². The Morgan fingerprint density at radius 3 is 2.33 bits per heavy atom. The van der Waals surface area contributed by atoms with E-state index in [1.165, 1.54) is 5.56 Å². The molecule has 0 aliphatic heterocycles. The molecule has 0 radical (unpaired) electrons. The average molecular weight is 367 g/mol. The summed E-state index contributed by atoms with van der Waals surface area (Å²) in [5.74, 6) is 0.728. The molecule has 0 unspecified atom stereocenters. The zero-order valence-corrected chi connectivity index (χ0v) is 16.3. The summed E-state index contributed by atoms with van der Waals surface area (Å²) in [5.41, 5.74) is 3.34. The van der Waals surface area contributed by atoms with Crippen LogP contribution < -0.4 is 4.74 Å². The highest BCUT2D eigenvalue weighted by atomic mass is 16.5. The zero-order chi connectivity index (χ0) is 19.3. The normalized spacial score (nSPS) is 10.9. The molecule has 0 fully saturated rings. The first-order chi connectivity index (χ1) is 13.2. The Morgan fingerprint density at radius 1 is 0.963 bits per heavy atom. The predicted octanol–water partition coefficient (Wildman–Crippen LogP) is 5.50. The number of esters is 1. The molecule has 0 aliphatic carbocycles. The van der Waals surface area contributed by atoms with Gasteiger partial charge < -0.3 is 9.47 Å². The topological polar surface area (TPSA) is 47.9 Å². The molecule has 0 N–H and O–H groups in total. The van der Waals surface area contributed by atoms with Crippen LogP contribution in [0.25, 0.3) is 0 Å². The van der Waals surface area contributed by atoms with E-state index in [1.807, 2.05) is 37.4 Å². The van der Waals surface area contributed by atoms with Crippen LogP contribution in [0.5, 0.6) is 5.75 Å². The van der Waals surface area contributed by atoms with Gasteiger partial charge in [-0.15, -0.1) is 0 Å². The van der Waals surface area contributed by atoms with E-state index in [1.54, 1.807) is 7.11 Å². The van der Waals surface area contributed by atoms with Crippen molar-refractivity contribution >= 4 is 17.9 Å². The van der Waals surface area contributed by atoms with Gasteiger partial charge in [0.1, 0.15) is 5.75 Å². The van der Waals surface area contributed by atoms with Crippen molar-refractivity contribution < 1.29 is 14.3 Å².